The molecule has 4 heterocycles. The minimum Gasteiger partial charge on any atom is -0.324 e. The summed E-state index contributed by atoms with van der Waals surface area (Å²) in [5.41, 5.74) is 0. The number of hydrogen-bond donors (Lipinski definition) is 0. The van der Waals surface area contributed by atoms with E-state index < -0.39 is 10.0 Å². The molecule has 8 nitrogen and oxygen atoms in total. The summed E-state index contributed by atoms with van der Waals surface area (Å²) in [6.45, 7) is 1.30. The van der Waals surface area contributed by atoms with Crippen LogP contribution in [-0.4, -0.2) is 43.6 Å². The second-order valence-electron chi connectivity index (χ2n) is 6.66. The van der Waals surface area contributed by atoms with E-state index in [4.69, 9.17) is 11.6 Å². The van der Waals surface area contributed by atoms with Crippen LogP contribution in [0.5, 0.6) is 0 Å². The summed E-state index contributed by atoms with van der Waals surface area (Å²) < 4.78 is 31.3. The molecule has 2 aromatic heterocycles. The molecule has 1 saturated heterocycles. The van der Waals surface area contributed by atoms with Crippen molar-refractivity contribution in [2.24, 2.45) is 7.05 Å². The lowest BCUT2D eigenvalue weighted by molar-refractivity contribution is 0.369. The fourth-order valence-electron chi connectivity index (χ4n) is 3.72. The van der Waals surface area contributed by atoms with E-state index in [1.54, 1.807) is 7.05 Å². The fourth-order valence-corrected chi connectivity index (χ4v) is 5.77. The van der Waals surface area contributed by atoms with E-state index in [1.165, 1.54) is 21.6 Å². The molecule has 0 aromatic carbocycles. The van der Waals surface area contributed by atoms with Gasteiger partial charge in [0.15, 0.2) is 5.82 Å². The van der Waals surface area contributed by atoms with Gasteiger partial charge in [0.25, 0.3) is 10.0 Å². The summed E-state index contributed by atoms with van der Waals surface area (Å²) in [6.07, 6.45) is 7.19. The first-order valence-corrected chi connectivity index (χ1v) is 10.4. The SMILES string of the molecule is Cn1cnc(S(=O)(=O)N2CCC[C@@H]2c2nnc3n2CCCCC3)c1Cl. The highest BCUT2D eigenvalue weighted by Crippen LogP contribution is 2.37. The fraction of sp³-hybridized carbons (Fsp3) is 0.667. The number of sulfonamides is 1. The van der Waals surface area contributed by atoms with Crippen molar-refractivity contribution in [1.29, 1.82) is 0 Å². The molecule has 0 amide bonds. The van der Waals surface area contributed by atoms with Crippen LogP contribution in [0, 0.1) is 0 Å². The van der Waals surface area contributed by atoms with Crippen LogP contribution in [0.3, 0.4) is 0 Å². The van der Waals surface area contributed by atoms with Crippen LogP contribution in [0.2, 0.25) is 5.15 Å². The zero-order valence-corrected chi connectivity index (χ0v) is 15.7. The average molecular weight is 385 g/mol. The molecule has 2 aromatic rings. The molecule has 136 valence electrons. The third kappa shape index (κ3) is 2.78. The van der Waals surface area contributed by atoms with Gasteiger partial charge in [0, 0.05) is 26.6 Å². The van der Waals surface area contributed by atoms with Crippen LogP contribution < -0.4 is 0 Å². The number of fused-ring (bicyclic) bond motifs is 1. The van der Waals surface area contributed by atoms with Crippen molar-refractivity contribution in [2.45, 2.75) is 56.1 Å². The largest absolute Gasteiger partial charge is 0.324 e. The lowest BCUT2D eigenvalue weighted by Crippen LogP contribution is -2.32. The molecule has 0 radical (unpaired) electrons. The number of aromatic nitrogens is 5. The molecule has 2 aliphatic rings. The summed E-state index contributed by atoms with van der Waals surface area (Å²) in [5, 5.41) is 8.72. The molecular weight excluding hydrogens is 364 g/mol. The molecule has 0 N–H and O–H groups in total. The maximum Gasteiger partial charge on any atom is 0.264 e. The number of nitrogens with zero attached hydrogens (tertiary/aromatic N) is 6. The van der Waals surface area contributed by atoms with Gasteiger partial charge in [0.2, 0.25) is 5.03 Å². The number of halogens is 1. The molecule has 0 saturated carbocycles. The quantitative estimate of drug-likeness (QED) is 0.806. The Hall–Kier alpha value is -1.45. The van der Waals surface area contributed by atoms with E-state index in [1.807, 2.05) is 0 Å². The zero-order chi connectivity index (χ0) is 17.6. The number of hydrogen-bond acceptors (Lipinski definition) is 5. The van der Waals surface area contributed by atoms with Gasteiger partial charge < -0.3 is 9.13 Å². The molecule has 2 aliphatic heterocycles. The molecule has 0 unspecified atom stereocenters. The van der Waals surface area contributed by atoms with Gasteiger partial charge in [-0.15, -0.1) is 10.2 Å². The van der Waals surface area contributed by atoms with Crippen molar-refractivity contribution >= 4 is 21.6 Å². The number of aryl methyl sites for hydroxylation is 2. The Bertz CT molecular complexity index is 890. The number of rotatable bonds is 3. The zero-order valence-electron chi connectivity index (χ0n) is 14.1. The van der Waals surface area contributed by atoms with E-state index in [0.717, 1.165) is 50.3 Å². The Balaban J connectivity index is 1.72. The van der Waals surface area contributed by atoms with Crippen LogP contribution in [0.4, 0.5) is 0 Å². The van der Waals surface area contributed by atoms with E-state index in [2.05, 4.69) is 19.7 Å². The molecule has 0 aliphatic carbocycles. The third-order valence-electron chi connectivity index (χ3n) is 5.03. The summed E-state index contributed by atoms with van der Waals surface area (Å²) in [4.78, 5) is 4.01. The van der Waals surface area contributed by atoms with Gasteiger partial charge in [-0.2, -0.15) is 4.31 Å². The highest BCUT2D eigenvalue weighted by molar-refractivity contribution is 7.89. The van der Waals surface area contributed by atoms with E-state index in [-0.39, 0.29) is 16.2 Å². The molecule has 10 heteroatoms. The molecule has 1 atom stereocenters. The highest BCUT2D eigenvalue weighted by atomic mass is 35.5. The van der Waals surface area contributed by atoms with Crippen LogP contribution in [0.15, 0.2) is 11.4 Å². The van der Waals surface area contributed by atoms with Crippen LogP contribution in [0.1, 0.15) is 49.8 Å². The van der Waals surface area contributed by atoms with E-state index in [9.17, 15) is 8.42 Å². The lowest BCUT2D eigenvalue weighted by atomic mass is 10.2. The van der Waals surface area contributed by atoms with Crippen molar-refractivity contribution in [2.75, 3.05) is 6.54 Å². The molecule has 0 bridgehead atoms. The van der Waals surface area contributed by atoms with E-state index >= 15 is 0 Å². The van der Waals surface area contributed by atoms with Gasteiger partial charge in [0.05, 0.1) is 12.4 Å². The molecule has 1 fully saturated rings. The smallest absolute Gasteiger partial charge is 0.264 e. The first-order chi connectivity index (χ1) is 12.0. The monoisotopic (exact) mass is 384 g/mol. The van der Waals surface area contributed by atoms with Gasteiger partial charge in [-0.1, -0.05) is 18.0 Å². The molecule has 4 rings (SSSR count). The second-order valence-corrected chi connectivity index (χ2v) is 8.83. The summed E-state index contributed by atoms with van der Waals surface area (Å²) in [5.74, 6) is 1.72. The average Bonchev–Trinajstić information content (AvgIpc) is 3.25. The minimum atomic E-state index is -3.77. The normalized spacial score (nSPS) is 22.1. The second kappa shape index (κ2) is 6.37. The Morgan fingerprint density at radius 3 is 2.76 bits per heavy atom. The van der Waals surface area contributed by atoms with Crippen molar-refractivity contribution in [3.8, 4) is 0 Å². The highest BCUT2D eigenvalue weighted by Gasteiger charge is 2.41. The van der Waals surface area contributed by atoms with E-state index in [0.29, 0.717) is 6.54 Å². The predicted octanol–water partition coefficient (Wildman–Crippen LogP) is 1.92. The van der Waals surface area contributed by atoms with Crippen molar-refractivity contribution in [3.05, 3.63) is 23.1 Å². The van der Waals surface area contributed by atoms with Crippen LogP contribution >= 0.6 is 11.6 Å². The standard InChI is InChI=1S/C15H21ClN6O2S/c1-20-10-17-15(13(20)16)25(23,24)22-9-5-6-11(22)14-19-18-12-7-3-2-4-8-21(12)14/h10-11H,2-9H2,1H3/t11-/m1/s1. The van der Waals surface area contributed by atoms with Crippen LogP contribution in [0.25, 0.3) is 0 Å². The third-order valence-corrected chi connectivity index (χ3v) is 7.43. The van der Waals surface area contributed by atoms with Gasteiger partial charge in [-0.05, 0) is 25.7 Å². The van der Waals surface area contributed by atoms with Crippen molar-refractivity contribution in [1.82, 2.24) is 28.6 Å². The maximum atomic E-state index is 13.1. The van der Waals surface area contributed by atoms with Crippen molar-refractivity contribution < 1.29 is 8.42 Å². The Labute approximate surface area is 151 Å². The Kier molecular flexibility index (Phi) is 4.33. The lowest BCUT2D eigenvalue weighted by Gasteiger charge is -2.23. The summed E-state index contributed by atoms with van der Waals surface area (Å²) in [7, 11) is -2.10. The van der Waals surface area contributed by atoms with Gasteiger partial charge >= 0.3 is 0 Å². The summed E-state index contributed by atoms with van der Waals surface area (Å²) in [6, 6.07) is -0.303. The topological polar surface area (TPSA) is 85.9 Å². The number of imidazole rings is 1. The maximum absolute atomic E-state index is 13.1. The van der Waals surface area contributed by atoms with Gasteiger partial charge in [0.1, 0.15) is 11.0 Å². The molecule has 25 heavy (non-hydrogen) atoms. The predicted molar refractivity (Wildman–Crippen MR) is 91.7 cm³/mol. The van der Waals surface area contributed by atoms with Crippen molar-refractivity contribution in [3.63, 3.8) is 0 Å². The van der Waals surface area contributed by atoms with Gasteiger partial charge in [-0.3, -0.25) is 0 Å². The minimum absolute atomic E-state index is 0.0841. The van der Waals surface area contributed by atoms with Gasteiger partial charge in [-0.25, -0.2) is 13.4 Å². The Morgan fingerprint density at radius 1 is 1.16 bits per heavy atom. The first kappa shape index (κ1) is 17.0. The summed E-state index contributed by atoms with van der Waals surface area (Å²) >= 11 is 6.14. The molecular formula is C15H21ClN6O2S. The first-order valence-electron chi connectivity index (χ1n) is 8.61. The Morgan fingerprint density at radius 2 is 2.00 bits per heavy atom. The van der Waals surface area contributed by atoms with Crippen LogP contribution in [-0.2, 0) is 30.0 Å². The molecule has 0 spiro atoms.